The van der Waals surface area contributed by atoms with Gasteiger partial charge in [-0.15, -0.1) is 11.3 Å². The van der Waals surface area contributed by atoms with Crippen LogP contribution in [0.5, 0.6) is 0 Å². The summed E-state index contributed by atoms with van der Waals surface area (Å²) in [6.07, 6.45) is 3.77. The van der Waals surface area contributed by atoms with E-state index < -0.39 is 0 Å². The minimum atomic E-state index is -0.212. The number of rotatable bonds is 3. The molecule has 1 aliphatic carbocycles. The van der Waals surface area contributed by atoms with E-state index in [2.05, 4.69) is 20.3 Å². The van der Waals surface area contributed by atoms with Crippen molar-refractivity contribution >= 4 is 33.1 Å². The third kappa shape index (κ3) is 2.57. The highest BCUT2D eigenvalue weighted by molar-refractivity contribution is 7.18. The molecular formula is C16H14N4OS. The molecule has 1 aliphatic rings. The second kappa shape index (κ2) is 5.14. The number of benzene rings is 1. The molecule has 1 fully saturated rings. The predicted molar refractivity (Wildman–Crippen MR) is 86.3 cm³/mol. The maximum atomic E-state index is 12.3. The fourth-order valence-corrected chi connectivity index (χ4v) is 3.22. The van der Waals surface area contributed by atoms with Crippen molar-refractivity contribution in [2.75, 3.05) is 5.32 Å². The van der Waals surface area contributed by atoms with Gasteiger partial charge in [0.1, 0.15) is 12.0 Å². The Balaban J connectivity index is 1.58. The number of aromatic nitrogens is 3. The van der Waals surface area contributed by atoms with Crippen molar-refractivity contribution in [3.8, 4) is 0 Å². The summed E-state index contributed by atoms with van der Waals surface area (Å²) >= 11 is 1.64. The first kappa shape index (κ1) is 13.3. The largest absolute Gasteiger partial charge is 0.321 e. The van der Waals surface area contributed by atoms with Crippen LogP contribution in [0.15, 0.2) is 30.6 Å². The average Bonchev–Trinajstić information content (AvgIpc) is 3.29. The molecule has 0 spiro atoms. The number of aryl methyl sites for hydroxylation is 1. The van der Waals surface area contributed by atoms with Crippen LogP contribution in [0, 0.1) is 6.92 Å². The quantitative estimate of drug-likeness (QED) is 0.803. The third-order valence-electron chi connectivity index (χ3n) is 3.67. The van der Waals surface area contributed by atoms with Crippen LogP contribution in [0.3, 0.4) is 0 Å². The number of anilines is 1. The summed E-state index contributed by atoms with van der Waals surface area (Å²) in [5, 5.41) is 3.90. The van der Waals surface area contributed by atoms with Crippen molar-refractivity contribution in [3.63, 3.8) is 0 Å². The van der Waals surface area contributed by atoms with E-state index in [1.54, 1.807) is 17.4 Å². The fourth-order valence-electron chi connectivity index (χ4n) is 2.41. The highest BCUT2D eigenvalue weighted by atomic mass is 32.1. The summed E-state index contributed by atoms with van der Waals surface area (Å²) < 4.78 is 1.12. The average molecular weight is 310 g/mol. The molecule has 0 saturated heterocycles. The number of carbonyl (C=O) groups excluding carboxylic acids is 1. The highest BCUT2D eigenvalue weighted by Crippen LogP contribution is 2.38. The topological polar surface area (TPSA) is 67.8 Å². The van der Waals surface area contributed by atoms with E-state index in [0.717, 1.165) is 39.4 Å². The van der Waals surface area contributed by atoms with Crippen molar-refractivity contribution < 1.29 is 4.79 Å². The van der Waals surface area contributed by atoms with E-state index in [1.807, 2.05) is 25.1 Å². The van der Waals surface area contributed by atoms with E-state index in [0.29, 0.717) is 11.6 Å². The molecule has 4 rings (SSSR count). The normalized spacial score (nSPS) is 14.2. The maximum Gasteiger partial charge on any atom is 0.274 e. The Bertz CT molecular complexity index is 869. The SMILES string of the molecule is Cc1nc2cc(NC(=O)c3cc(C4CC4)ncn3)ccc2s1. The molecule has 1 aromatic carbocycles. The lowest BCUT2D eigenvalue weighted by atomic mass is 10.2. The molecule has 3 aromatic rings. The number of hydrogen-bond acceptors (Lipinski definition) is 5. The van der Waals surface area contributed by atoms with Gasteiger partial charge in [-0.3, -0.25) is 4.79 Å². The zero-order valence-corrected chi connectivity index (χ0v) is 12.9. The minimum Gasteiger partial charge on any atom is -0.321 e. The van der Waals surface area contributed by atoms with Crippen molar-refractivity contribution in [1.82, 2.24) is 15.0 Å². The van der Waals surface area contributed by atoms with Crippen molar-refractivity contribution in [2.45, 2.75) is 25.7 Å². The van der Waals surface area contributed by atoms with Gasteiger partial charge in [0.05, 0.1) is 15.2 Å². The van der Waals surface area contributed by atoms with E-state index >= 15 is 0 Å². The first-order valence-corrected chi connectivity index (χ1v) is 8.01. The molecule has 1 amide bonds. The second-order valence-corrected chi connectivity index (χ2v) is 6.71. The lowest BCUT2D eigenvalue weighted by Crippen LogP contribution is -2.14. The Kier molecular flexibility index (Phi) is 3.11. The lowest BCUT2D eigenvalue weighted by Gasteiger charge is -2.05. The molecule has 5 nitrogen and oxygen atoms in total. The Morgan fingerprint density at radius 1 is 1.27 bits per heavy atom. The smallest absolute Gasteiger partial charge is 0.274 e. The first-order valence-electron chi connectivity index (χ1n) is 7.19. The van der Waals surface area contributed by atoms with Gasteiger partial charge in [-0.05, 0) is 44.0 Å². The molecule has 1 saturated carbocycles. The van der Waals surface area contributed by atoms with E-state index in [1.165, 1.54) is 6.33 Å². The summed E-state index contributed by atoms with van der Waals surface area (Å²) in [5.41, 5.74) is 3.01. The standard InChI is InChI=1S/C16H14N4OS/c1-9-19-13-6-11(4-5-15(13)22-9)20-16(21)14-7-12(10-2-3-10)17-8-18-14/h4-8,10H,2-3H2,1H3,(H,20,21). The van der Waals surface area contributed by atoms with Crippen LogP contribution in [0.1, 0.15) is 39.9 Å². The number of hydrogen-bond donors (Lipinski definition) is 1. The lowest BCUT2D eigenvalue weighted by molar-refractivity contribution is 0.102. The van der Waals surface area contributed by atoms with Crippen molar-refractivity contribution in [2.24, 2.45) is 0 Å². The van der Waals surface area contributed by atoms with E-state index in [4.69, 9.17) is 0 Å². The number of fused-ring (bicyclic) bond motifs is 1. The number of nitrogens with one attached hydrogen (secondary N) is 1. The Labute approximate surface area is 131 Å². The summed E-state index contributed by atoms with van der Waals surface area (Å²) in [7, 11) is 0. The molecule has 0 atom stereocenters. The predicted octanol–water partition coefficient (Wildman–Crippen LogP) is 3.52. The molecule has 0 radical (unpaired) electrons. The van der Waals surface area contributed by atoms with E-state index in [9.17, 15) is 4.79 Å². The monoisotopic (exact) mass is 310 g/mol. The molecular weight excluding hydrogens is 296 g/mol. The molecule has 2 aromatic heterocycles. The van der Waals surface area contributed by atoms with E-state index in [-0.39, 0.29) is 5.91 Å². The Morgan fingerprint density at radius 3 is 2.95 bits per heavy atom. The highest BCUT2D eigenvalue weighted by Gasteiger charge is 2.25. The second-order valence-electron chi connectivity index (χ2n) is 5.47. The van der Waals surface area contributed by atoms with Crippen molar-refractivity contribution in [3.05, 3.63) is 47.0 Å². The van der Waals surface area contributed by atoms with Gasteiger partial charge in [0.2, 0.25) is 0 Å². The number of nitrogens with zero attached hydrogens (tertiary/aromatic N) is 3. The summed E-state index contributed by atoms with van der Waals surface area (Å²) in [6.45, 7) is 1.98. The summed E-state index contributed by atoms with van der Waals surface area (Å²) in [6, 6.07) is 7.55. The number of thiazole rings is 1. The molecule has 0 unspecified atom stereocenters. The molecule has 0 bridgehead atoms. The maximum absolute atomic E-state index is 12.3. The molecule has 1 N–H and O–H groups in total. The molecule has 110 valence electrons. The molecule has 0 aliphatic heterocycles. The van der Waals surface area contributed by atoms with Crippen LogP contribution in [0.2, 0.25) is 0 Å². The molecule has 22 heavy (non-hydrogen) atoms. The third-order valence-corrected chi connectivity index (χ3v) is 4.62. The first-order chi connectivity index (χ1) is 10.7. The van der Waals surface area contributed by atoms with Crippen LogP contribution in [-0.4, -0.2) is 20.9 Å². The van der Waals surface area contributed by atoms with Gasteiger partial charge < -0.3 is 5.32 Å². The van der Waals surface area contributed by atoms with Gasteiger partial charge >= 0.3 is 0 Å². The Morgan fingerprint density at radius 2 is 2.14 bits per heavy atom. The van der Waals surface area contributed by atoms with Gasteiger partial charge in [-0.2, -0.15) is 0 Å². The molecule has 2 heterocycles. The number of amides is 1. The molecule has 6 heteroatoms. The number of carbonyl (C=O) groups is 1. The van der Waals surface area contributed by atoms with Gasteiger partial charge in [-0.25, -0.2) is 15.0 Å². The fraction of sp³-hybridized carbons (Fsp3) is 0.250. The van der Waals surface area contributed by atoms with Crippen LogP contribution in [-0.2, 0) is 0 Å². The minimum absolute atomic E-state index is 0.212. The Hall–Kier alpha value is -2.34. The van der Waals surface area contributed by atoms with Gasteiger partial charge in [0.15, 0.2) is 0 Å². The van der Waals surface area contributed by atoms with Crippen LogP contribution in [0.4, 0.5) is 5.69 Å². The van der Waals surface area contributed by atoms with Gasteiger partial charge in [0.25, 0.3) is 5.91 Å². The zero-order valence-electron chi connectivity index (χ0n) is 12.0. The van der Waals surface area contributed by atoms with Crippen LogP contribution < -0.4 is 5.32 Å². The van der Waals surface area contributed by atoms with Crippen molar-refractivity contribution in [1.29, 1.82) is 0 Å². The summed E-state index contributed by atoms with van der Waals surface area (Å²) in [5.74, 6) is 0.291. The summed E-state index contributed by atoms with van der Waals surface area (Å²) in [4.78, 5) is 25.1. The van der Waals surface area contributed by atoms with Crippen LogP contribution >= 0.6 is 11.3 Å². The van der Waals surface area contributed by atoms with Gasteiger partial charge in [0, 0.05) is 17.3 Å². The van der Waals surface area contributed by atoms with Crippen LogP contribution in [0.25, 0.3) is 10.2 Å². The zero-order chi connectivity index (χ0) is 15.1. The van der Waals surface area contributed by atoms with Gasteiger partial charge in [-0.1, -0.05) is 0 Å².